The largest absolute Gasteiger partial charge is 0.480 e. The molecule has 0 bridgehead atoms. The molecule has 0 fully saturated rings. The van der Waals surface area contributed by atoms with Gasteiger partial charge in [-0.05, 0) is 22.3 Å². The third-order valence-electron chi connectivity index (χ3n) is 4.76. The van der Waals surface area contributed by atoms with Gasteiger partial charge in [-0.1, -0.05) is 48.5 Å². The van der Waals surface area contributed by atoms with Crippen LogP contribution >= 0.6 is 0 Å². The molecule has 130 valence electrons. The summed E-state index contributed by atoms with van der Waals surface area (Å²) < 4.78 is 5.29. The fourth-order valence-electron chi connectivity index (χ4n) is 3.19. The summed E-state index contributed by atoms with van der Waals surface area (Å²) in [5.41, 5.74) is 7.48. The van der Waals surface area contributed by atoms with Crippen molar-refractivity contribution in [1.82, 2.24) is 0 Å². The molecule has 1 aliphatic carbocycles. The number of carbonyl (C=O) groups is 2. The zero-order valence-electron chi connectivity index (χ0n) is 13.5. The molecule has 0 amide bonds. The Kier molecular flexibility index (Phi) is 4.57. The number of aliphatic hydroxyl groups excluding tert-OH is 1. The number of carboxylic acid groups (broad SMARTS) is 1. The minimum absolute atomic E-state index is 0.0120. The van der Waals surface area contributed by atoms with E-state index in [1.54, 1.807) is 0 Å². The maximum absolute atomic E-state index is 12.3. The van der Waals surface area contributed by atoms with E-state index in [9.17, 15) is 19.8 Å². The first-order valence-electron chi connectivity index (χ1n) is 7.95. The number of aliphatic carboxylic acids is 1. The summed E-state index contributed by atoms with van der Waals surface area (Å²) in [7, 11) is 0. The first-order valence-corrected chi connectivity index (χ1v) is 7.95. The zero-order chi connectivity index (χ0) is 18.0. The minimum Gasteiger partial charge on any atom is -0.480 e. The Hall–Kier alpha value is -2.70. The molecule has 2 aromatic rings. The zero-order valence-corrected chi connectivity index (χ0v) is 13.5. The molecule has 0 aliphatic heterocycles. The molecule has 1 atom stereocenters. The number of hydrogen-bond acceptors (Lipinski definition) is 5. The van der Waals surface area contributed by atoms with Crippen LogP contribution in [0.2, 0.25) is 0 Å². The lowest BCUT2D eigenvalue weighted by atomic mass is 9.89. The predicted octanol–water partition coefficient (Wildman–Crippen LogP) is 1.36. The number of nitrogens with two attached hydrogens (primary N) is 1. The lowest BCUT2D eigenvalue weighted by molar-refractivity contribution is -0.171. The molecule has 0 saturated carbocycles. The monoisotopic (exact) mass is 341 g/mol. The van der Waals surface area contributed by atoms with Gasteiger partial charge >= 0.3 is 11.9 Å². The summed E-state index contributed by atoms with van der Waals surface area (Å²) in [5, 5.41) is 18.6. The van der Waals surface area contributed by atoms with Crippen molar-refractivity contribution < 1.29 is 24.5 Å². The number of aliphatic hydroxyl groups is 1. The molecule has 1 aliphatic rings. The standard InChI is InChI=1S/C19H19NO5/c20-10-19(11-21,17(22)23)18(24)25-9-16-14-7-3-1-5-12(14)13-6-2-4-8-15(13)16/h1-8,16,21H,9-11,20H2,(H,22,23)/t19-/m0/s1. The second-order valence-corrected chi connectivity index (χ2v) is 6.08. The summed E-state index contributed by atoms with van der Waals surface area (Å²) in [6.07, 6.45) is 0. The maximum Gasteiger partial charge on any atom is 0.327 e. The molecule has 0 aromatic heterocycles. The fourth-order valence-corrected chi connectivity index (χ4v) is 3.19. The van der Waals surface area contributed by atoms with Crippen LogP contribution in [-0.4, -0.2) is 41.9 Å². The smallest absolute Gasteiger partial charge is 0.327 e. The van der Waals surface area contributed by atoms with Gasteiger partial charge in [0.05, 0.1) is 6.61 Å². The number of carboxylic acids is 1. The number of hydrogen-bond donors (Lipinski definition) is 3. The van der Waals surface area contributed by atoms with Crippen LogP contribution in [0.4, 0.5) is 0 Å². The Morgan fingerprint density at radius 1 is 1.04 bits per heavy atom. The van der Waals surface area contributed by atoms with E-state index < -0.39 is 30.5 Å². The summed E-state index contributed by atoms with van der Waals surface area (Å²) >= 11 is 0. The van der Waals surface area contributed by atoms with E-state index in [0.29, 0.717) is 0 Å². The average Bonchev–Trinajstić information content (AvgIpc) is 2.95. The van der Waals surface area contributed by atoms with Gasteiger partial charge in [0.15, 0.2) is 5.41 Å². The first-order chi connectivity index (χ1) is 12.0. The number of benzene rings is 2. The highest BCUT2D eigenvalue weighted by atomic mass is 16.5. The lowest BCUT2D eigenvalue weighted by Gasteiger charge is -2.24. The normalized spacial score (nSPS) is 15.1. The van der Waals surface area contributed by atoms with Crippen LogP contribution in [0.3, 0.4) is 0 Å². The van der Waals surface area contributed by atoms with Gasteiger partial charge in [-0.25, -0.2) is 0 Å². The van der Waals surface area contributed by atoms with Crippen LogP contribution in [-0.2, 0) is 14.3 Å². The molecule has 3 rings (SSSR count). The van der Waals surface area contributed by atoms with Crippen molar-refractivity contribution in [1.29, 1.82) is 0 Å². The van der Waals surface area contributed by atoms with Crippen LogP contribution in [0, 0.1) is 5.41 Å². The van der Waals surface area contributed by atoms with E-state index in [2.05, 4.69) is 0 Å². The second kappa shape index (κ2) is 6.66. The van der Waals surface area contributed by atoms with Crippen molar-refractivity contribution in [2.24, 2.45) is 11.1 Å². The minimum atomic E-state index is -2.13. The van der Waals surface area contributed by atoms with Crippen LogP contribution in [0.15, 0.2) is 48.5 Å². The van der Waals surface area contributed by atoms with Crippen LogP contribution < -0.4 is 5.73 Å². The van der Waals surface area contributed by atoms with E-state index >= 15 is 0 Å². The van der Waals surface area contributed by atoms with E-state index in [0.717, 1.165) is 22.3 Å². The van der Waals surface area contributed by atoms with Crippen LogP contribution in [0.5, 0.6) is 0 Å². The third kappa shape index (κ3) is 2.69. The van der Waals surface area contributed by atoms with Gasteiger partial charge in [-0.3, -0.25) is 9.59 Å². The number of carbonyl (C=O) groups excluding carboxylic acids is 1. The van der Waals surface area contributed by atoms with Gasteiger partial charge in [0, 0.05) is 12.5 Å². The van der Waals surface area contributed by atoms with Crippen LogP contribution in [0.25, 0.3) is 11.1 Å². The molecule has 25 heavy (non-hydrogen) atoms. The Labute approximate surface area is 144 Å². The fraction of sp³-hybridized carbons (Fsp3) is 0.263. The van der Waals surface area contributed by atoms with Crippen molar-refractivity contribution >= 4 is 11.9 Å². The number of ether oxygens (including phenoxy) is 1. The summed E-state index contributed by atoms with van der Waals surface area (Å²) in [6, 6.07) is 15.7. The molecular formula is C19H19NO5. The van der Waals surface area contributed by atoms with E-state index in [1.807, 2.05) is 48.5 Å². The number of esters is 1. The molecule has 2 aromatic carbocycles. The van der Waals surface area contributed by atoms with E-state index in [4.69, 9.17) is 10.5 Å². The highest BCUT2D eigenvalue weighted by molar-refractivity contribution is 5.99. The highest BCUT2D eigenvalue weighted by Crippen LogP contribution is 2.44. The average molecular weight is 341 g/mol. The molecule has 0 spiro atoms. The van der Waals surface area contributed by atoms with Gasteiger partial charge in [-0.15, -0.1) is 0 Å². The predicted molar refractivity (Wildman–Crippen MR) is 90.9 cm³/mol. The molecule has 6 nitrogen and oxygen atoms in total. The molecule has 0 saturated heterocycles. The molecule has 0 heterocycles. The van der Waals surface area contributed by atoms with Gasteiger partial charge < -0.3 is 20.7 Å². The Morgan fingerprint density at radius 3 is 2.00 bits per heavy atom. The SMILES string of the molecule is NC[C@](CO)(C(=O)O)C(=O)OCC1c2ccccc2-c2ccccc21. The lowest BCUT2D eigenvalue weighted by Crippen LogP contribution is -2.49. The van der Waals surface area contributed by atoms with Gasteiger partial charge in [0.2, 0.25) is 0 Å². The van der Waals surface area contributed by atoms with E-state index in [-0.39, 0.29) is 12.5 Å². The molecular weight excluding hydrogens is 322 g/mol. The van der Waals surface area contributed by atoms with Gasteiger partial charge in [0.25, 0.3) is 0 Å². The van der Waals surface area contributed by atoms with Crippen molar-refractivity contribution in [3.05, 3.63) is 59.7 Å². The summed E-state index contributed by atoms with van der Waals surface area (Å²) in [4.78, 5) is 23.7. The summed E-state index contributed by atoms with van der Waals surface area (Å²) in [6.45, 7) is -1.45. The Bertz CT molecular complexity index is 767. The topological polar surface area (TPSA) is 110 Å². The molecule has 0 radical (unpaired) electrons. The maximum atomic E-state index is 12.3. The van der Waals surface area contributed by atoms with Crippen LogP contribution in [0.1, 0.15) is 17.0 Å². The summed E-state index contributed by atoms with van der Waals surface area (Å²) in [5.74, 6) is -2.69. The van der Waals surface area contributed by atoms with Gasteiger partial charge in [0.1, 0.15) is 6.61 Å². The van der Waals surface area contributed by atoms with Crippen molar-refractivity contribution in [2.75, 3.05) is 19.8 Å². The Balaban J connectivity index is 1.87. The molecule has 0 unspecified atom stereocenters. The van der Waals surface area contributed by atoms with Crippen molar-refractivity contribution in [3.8, 4) is 11.1 Å². The number of rotatable bonds is 6. The van der Waals surface area contributed by atoms with E-state index in [1.165, 1.54) is 0 Å². The third-order valence-corrected chi connectivity index (χ3v) is 4.76. The quantitative estimate of drug-likeness (QED) is 0.541. The van der Waals surface area contributed by atoms with Crippen molar-refractivity contribution in [3.63, 3.8) is 0 Å². The van der Waals surface area contributed by atoms with Crippen molar-refractivity contribution in [2.45, 2.75) is 5.92 Å². The molecule has 6 heteroatoms. The highest BCUT2D eigenvalue weighted by Gasteiger charge is 2.47. The Morgan fingerprint density at radius 2 is 1.56 bits per heavy atom. The first kappa shape index (κ1) is 17.1. The van der Waals surface area contributed by atoms with Gasteiger partial charge in [-0.2, -0.15) is 0 Å². The second-order valence-electron chi connectivity index (χ2n) is 6.08. The molecule has 4 N–H and O–H groups in total. The number of fused-ring (bicyclic) bond motifs is 3.